The Bertz CT molecular complexity index is 628. The highest BCUT2D eigenvalue weighted by molar-refractivity contribution is 5.67. The van der Waals surface area contributed by atoms with Crippen molar-refractivity contribution >= 4 is 6.09 Å². The lowest BCUT2D eigenvalue weighted by Crippen LogP contribution is -2.48. The van der Waals surface area contributed by atoms with Crippen LogP contribution in [0.4, 0.5) is 4.79 Å². The van der Waals surface area contributed by atoms with Crippen LogP contribution < -0.4 is 4.74 Å². The van der Waals surface area contributed by atoms with E-state index in [1.807, 2.05) is 25.1 Å². The number of amides is 1. The third-order valence-corrected chi connectivity index (χ3v) is 5.61. The van der Waals surface area contributed by atoms with Crippen LogP contribution in [0.15, 0.2) is 24.3 Å². The smallest absolute Gasteiger partial charge is 0.409 e. The fourth-order valence-corrected chi connectivity index (χ4v) is 4.00. The van der Waals surface area contributed by atoms with Gasteiger partial charge in [-0.1, -0.05) is 24.6 Å². The maximum atomic E-state index is 11.8. The quantitative estimate of drug-likeness (QED) is 0.715. The molecule has 2 heterocycles. The Morgan fingerprint density at radius 2 is 1.76 bits per heavy atom. The Balaban J connectivity index is 1.46. The van der Waals surface area contributed by atoms with Gasteiger partial charge in [-0.3, -0.25) is 4.90 Å². The molecule has 1 aromatic carbocycles. The van der Waals surface area contributed by atoms with E-state index in [0.717, 1.165) is 44.0 Å². The fraction of sp³-hybridized carbons (Fsp3) is 0.682. The summed E-state index contributed by atoms with van der Waals surface area (Å²) >= 11 is 0. The molecule has 2 fully saturated rings. The summed E-state index contributed by atoms with van der Waals surface area (Å²) in [4.78, 5) is 18.3. The van der Waals surface area contributed by atoms with Gasteiger partial charge in [0.2, 0.25) is 0 Å². The highest BCUT2D eigenvalue weighted by Crippen LogP contribution is 2.21. The van der Waals surface area contributed by atoms with E-state index in [9.17, 15) is 9.90 Å². The van der Waals surface area contributed by atoms with E-state index >= 15 is 0 Å². The van der Waals surface area contributed by atoms with E-state index in [-0.39, 0.29) is 6.09 Å². The molecule has 0 aliphatic carbocycles. The monoisotopic (exact) mass is 405 g/mol. The number of para-hydroxylation sites is 1. The minimum atomic E-state index is -0.478. The van der Waals surface area contributed by atoms with Crippen molar-refractivity contribution in [3.63, 3.8) is 0 Å². The third kappa shape index (κ3) is 6.87. The van der Waals surface area contributed by atoms with Crippen LogP contribution in [0.1, 0.15) is 31.7 Å². The number of likely N-dealkylation sites (tertiary alicyclic amines) is 1. The number of carbonyl (C=O) groups is 1. The van der Waals surface area contributed by atoms with Crippen molar-refractivity contribution < 1.29 is 19.4 Å². The van der Waals surface area contributed by atoms with Crippen LogP contribution in [0, 0.1) is 0 Å². The van der Waals surface area contributed by atoms with Gasteiger partial charge in [0.25, 0.3) is 0 Å². The molecule has 1 amide bonds. The second-order valence-electron chi connectivity index (χ2n) is 7.90. The largest absolute Gasteiger partial charge is 0.491 e. The topological polar surface area (TPSA) is 65.5 Å². The lowest BCUT2D eigenvalue weighted by molar-refractivity contribution is 0.0605. The first-order valence-electron chi connectivity index (χ1n) is 10.9. The van der Waals surface area contributed by atoms with Gasteiger partial charge < -0.3 is 24.4 Å². The molecule has 29 heavy (non-hydrogen) atoms. The van der Waals surface area contributed by atoms with Crippen LogP contribution >= 0.6 is 0 Å². The molecular formula is C22H35N3O4. The molecule has 2 aliphatic heterocycles. The number of ether oxygens (including phenoxy) is 2. The van der Waals surface area contributed by atoms with Crippen LogP contribution in [-0.2, 0) is 11.3 Å². The van der Waals surface area contributed by atoms with Crippen molar-refractivity contribution in [2.24, 2.45) is 0 Å². The number of hydrogen-bond acceptors (Lipinski definition) is 6. The average Bonchev–Trinajstić information content (AvgIpc) is 2.74. The zero-order chi connectivity index (χ0) is 20.5. The molecule has 0 unspecified atom stereocenters. The van der Waals surface area contributed by atoms with Crippen molar-refractivity contribution in [2.45, 2.75) is 38.8 Å². The molecule has 0 aromatic heterocycles. The van der Waals surface area contributed by atoms with Gasteiger partial charge in [0.15, 0.2) is 0 Å². The van der Waals surface area contributed by atoms with Gasteiger partial charge in [-0.15, -0.1) is 0 Å². The minimum Gasteiger partial charge on any atom is -0.491 e. The highest BCUT2D eigenvalue weighted by Gasteiger charge is 2.22. The summed E-state index contributed by atoms with van der Waals surface area (Å²) in [6.45, 7) is 9.12. The lowest BCUT2D eigenvalue weighted by atomic mass is 10.1. The normalized spacial score (nSPS) is 19.7. The number of β-amino-alcohol motifs (C(OH)–C–C–N with tert-alkyl or cyclic N) is 1. The number of piperazine rings is 1. The van der Waals surface area contributed by atoms with Gasteiger partial charge >= 0.3 is 6.09 Å². The predicted molar refractivity (Wildman–Crippen MR) is 112 cm³/mol. The van der Waals surface area contributed by atoms with Crippen LogP contribution in [0.25, 0.3) is 0 Å². The minimum absolute atomic E-state index is 0.224. The number of aliphatic hydroxyl groups is 1. The van der Waals surface area contributed by atoms with Crippen LogP contribution in [0.5, 0.6) is 5.75 Å². The SMILES string of the molecule is CCOC(=O)N1CCN(Cc2ccccc2OC[C@@H](O)CN2CCCCC2)CC1. The summed E-state index contributed by atoms with van der Waals surface area (Å²) in [6, 6.07) is 8.03. The Morgan fingerprint density at radius 1 is 1.03 bits per heavy atom. The molecule has 1 aromatic rings. The predicted octanol–water partition coefficient (Wildman–Crippen LogP) is 2.19. The highest BCUT2D eigenvalue weighted by atomic mass is 16.6. The zero-order valence-corrected chi connectivity index (χ0v) is 17.6. The first kappa shape index (κ1) is 21.9. The van der Waals surface area contributed by atoms with Gasteiger partial charge in [-0.2, -0.15) is 0 Å². The van der Waals surface area contributed by atoms with Gasteiger partial charge in [0.05, 0.1) is 6.61 Å². The molecule has 162 valence electrons. The van der Waals surface area contributed by atoms with Crippen molar-refractivity contribution in [3.05, 3.63) is 29.8 Å². The average molecular weight is 406 g/mol. The molecule has 3 rings (SSSR count). The molecule has 7 nitrogen and oxygen atoms in total. The molecule has 1 N–H and O–H groups in total. The van der Waals surface area contributed by atoms with Crippen LogP contribution in [0.2, 0.25) is 0 Å². The van der Waals surface area contributed by atoms with E-state index in [2.05, 4.69) is 15.9 Å². The van der Waals surface area contributed by atoms with Crippen molar-refractivity contribution in [3.8, 4) is 5.75 Å². The van der Waals surface area contributed by atoms with Gasteiger partial charge in [-0.05, 0) is 38.9 Å². The van der Waals surface area contributed by atoms with E-state index in [1.54, 1.807) is 4.90 Å². The maximum Gasteiger partial charge on any atom is 0.409 e. The molecule has 2 saturated heterocycles. The summed E-state index contributed by atoms with van der Waals surface area (Å²) in [5, 5.41) is 10.4. The first-order valence-corrected chi connectivity index (χ1v) is 10.9. The summed E-state index contributed by atoms with van der Waals surface area (Å²) in [5.74, 6) is 0.831. The lowest BCUT2D eigenvalue weighted by Gasteiger charge is -2.34. The van der Waals surface area contributed by atoms with E-state index < -0.39 is 6.10 Å². The van der Waals surface area contributed by atoms with Crippen molar-refractivity contribution in [2.75, 3.05) is 59.0 Å². The second-order valence-corrected chi connectivity index (χ2v) is 7.90. The van der Waals surface area contributed by atoms with E-state index in [0.29, 0.717) is 32.8 Å². The number of nitrogens with zero attached hydrogens (tertiary/aromatic N) is 3. The molecule has 7 heteroatoms. The molecular weight excluding hydrogens is 370 g/mol. The Labute approximate surface area is 174 Å². The molecule has 0 spiro atoms. The summed E-state index contributed by atoms with van der Waals surface area (Å²) in [6.07, 6.45) is 3.04. The number of aliphatic hydroxyl groups excluding tert-OH is 1. The molecule has 0 bridgehead atoms. The van der Waals surface area contributed by atoms with Crippen LogP contribution in [-0.4, -0.2) is 91.0 Å². The maximum absolute atomic E-state index is 11.8. The van der Waals surface area contributed by atoms with Gasteiger partial charge in [0, 0.05) is 44.8 Å². The van der Waals surface area contributed by atoms with Crippen molar-refractivity contribution in [1.29, 1.82) is 0 Å². The second kappa shape index (κ2) is 11.4. The first-order chi connectivity index (χ1) is 14.2. The third-order valence-electron chi connectivity index (χ3n) is 5.61. The number of benzene rings is 1. The van der Waals surface area contributed by atoms with Gasteiger partial charge in [-0.25, -0.2) is 4.79 Å². The van der Waals surface area contributed by atoms with E-state index in [4.69, 9.17) is 9.47 Å². The number of piperidine rings is 1. The Kier molecular flexibility index (Phi) is 8.58. The van der Waals surface area contributed by atoms with Crippen LogP contribution in [0.3, 0.4) is 0 Å². The Hall–Kier alpha value is -1.83. The summed E-state index contributed by atoms with van der Waals surface area (Å²) in [7, 11) is 0. The summed E-state index contributed by atoms with van der Waals surface area (Å²) in [5.41, 5.74) is 1.11. The molecule has 2 aliphatic rings. The molecule has 0 saturated carbocycles. The number of hydrogen-bond donors (Lipinski definition) is 1. The standard InChI is InChI=1S/C22H35N3O4/c1-2-28-22(27)25-14-12-24(13-15-25)16-19-8-4-5-9-21(19)29-18-20(26)17-23-10-6-3-7-11-23/h4-5,8-9,20,26H,2-3,6-7,10-18H2,1H3/t20-/m0/s1. The van der Waals surface area contributed by atoms with Gasteiger partial charge in [0.1, 0.15) is 18.5 Å². The zero-order valence-electron chi connectivity index (χ0n) is 17.6. The number of rotatable bonds is 8. The summed E-state index contributed by atoms with van der Waals surface area (Å²) < 4.78 is 11.1. The molecule has 1 atom stereocenters. The van der Waals surface area contributed by atoms with E-state index in [1.165, 1.54) is 19.3 Å². The Morgan fingerprint density at radius 3 is 2.48 bits per heavy atom. The fourth-order valence-electron chi connectivity index (χ4n) is 4.00. The molecule has 0 radical (unpaired) electrons. The van der Waals surface area contributed by atoms with Crippen molar-refractivity contribution in [1.82, 2.24) is 14.7 Å². The number of carbonyl (C=O) groups excluding carboxylic acids is 1.